The van der Waals surface area contributed by atoms with Gasteiger partial charge in [0.05, 0.1) is 12.2 Å². The van der Waals surface area contributed by atoms with E-state index in [-0.39, 0.29) is 12.0 Å². The zero-order valence-corrected chi connectivity index (χ0v) is 14.2. The first-order valence-electron chi connectivity index (χ1n) is 8.07. The van der Waals surface area contributed by atoms with E-state index in [0.29, 0.717) is 25.8 Å². The molecule has 0 aromatic heterocycles. The number of nitrogens with zero attached hydrogens (tertiary/aromatic N) is 1. The first-order valence-corrected chi connectivity index (χ1v) is 8.07. The lowest BCUT2D eigenvalue weighted by Gasteiger charge is -2.23. The van der Waals surface area contributed by atoms with E-state index >= 15 is 0 Å². The van der Waals surface area contributed by atoms with Crippen molar-refractivity contribution in [2.75, 3.05) is 13.2 Å². The van der Waals surface area contributed by atoms with Crippen LogP contribution in [-0.4, -0.2) is 42.9 Å². The van der Waals surface area contributed by atoms with Crippen molar-refractivity contribution >= 4 is 12.0 Å². The van der Waals surface area contributed by atoms with Crippen LogP contribution in [-0.2, 0) is 14.3 Å². The molecule has 0 bridgehead atoms. The fourth-order valence-electron chi connectivity index (χ4n) is 2.25. The van der Waals surface area contributed by atoms with Crippen LogP contribution in [0.3, 0.4) is 0 Å². The van der Waals surface area contributed by atoms with E-state index in [1.807, 2.05) is 6.07 Å². The Morgan fingerprint density at radius 2 is 2.17 bits per heavy atom. The summed E-state index contributed by atoms with van der Waals surface area (Å²) >= 11 is 0. The number of alkyl carbamates (subject to hydrolysis) is 1. The number of hydrogen-bond donors (Lipinski definition) is 2. The monoisotopic (exact) mass is 325 g/mol. The highest BCUT2D eigenvalue weighted by Crippen LogP contribution is 2.11. The molecule has 2 atom stereocenters. The minimum atomic E-state index is -0.709. The molecule has 1 aliphatic heterocycles. The SMILES string of the molecule is CC(C)(C)OC(=O)N[C@H](CCCC#N)C(=O)NC[C@@H]1CCCO1. The van der Waals surface area contributed by atoms with Crippen LogP contribution >= 0.6 is 0 Å². The number of nitrogens with one attached hydrogen (secondary N) is 2. The molecule has 1 rings (SSSR count). The molecule has 0 saturated carbocycles. The van der Waals surface area contributed by atoms with Gasteiger partial charge in [-0.3, -0.25) is 4.79 Å². The van der Waals surface area contributed by atoms with Crippen molar-refractivity contribution in [2.24, 2.45) is 0 Å². The van der Waals surface area contributed by atoms with Crippen molar-refractivity contribution in [3.63, 3.8) is 0 Å². The number of hydrogen-bond acceptors (Lipinski definition) is 5. The maximum atomic E-state index is 12.3. The number of unbranched alkanes of at least 4 members (excludes halogenated alkanes) is 1. The van der Waals surface area contributed by atoms with Crippen molar-refractivity contribution < 1.29 is 19.1 Å². The van der Waals surface area contributed by atoms with Crippen LogP contribution in [0.5, 0.6) is 0 Å². The van der Waals surface area contributed by atoms with Gasteiger partial charge in [0.1, 0.15) is 11.6 Å². The van der Waals surface area contributed by atoms with Crippen molar-refractivity contribution in [2.45, 2.75) is 70.6 Å². The van der Waals surface area contributed by atoms with Crippen molar-refractivity contribution in [3.8, 4) is 6.07 Å². The first-order chi connectivity index (χ1) is 10.8. The molecule has 0 unspecified atom stereocenters. The lowest BCUT2D eigenvalue weighted by atomic mass is 10.1. The molecule has 0 aromatic carbocycles. The Labute approximate surface area is 137 Å². The summed E-state index contributed by atoms with van der Waals surface area (Å²) in [5.74, 6) is -0.274. The van der Waals surface area contributed by atoms with Crippen LogP contribution < -0.4 is 10.6 Å². The van der Waals surface area contributed by atoms with Gasteiger partial charge in [-0.1, -0.05) is 0 Å². The third-order valence-corrected chi connectivity index (χ3v) is 3.32. The molecule has 23 heavy (non-hydrogen) atoms. The van der Waals surface area contributed by atoms with Crippen molar-refractivity contribution in [3.05, 3.63) is 0 Å². The summed E-state index contributed by atoms with van der Waals surface area (Å²) in [5.41, 5.74) is -0.630. The van der Waals surface area contributed by atoms with Gasteiger partial charge in [-0.15, -0.1) is 0 Å². The smallest absolute Gasteiger partial charge is 0.408 e. The second kappa shape index (κ2) is 9.36. The molecule has 7 nitrogen and oxygen atoms in total. The Hall–Kier alpha value is -1.81. The molecule has 2 amide bonds. The van der Waals surface area contributed by atoms with Gasteiger partial charge < -0.3 is 20.1 Å². The third-order valence-electron chi connectivity index (χ3n) is 3.32. The Morgan fingerprint density at radius 3 is 2.74 bits per heavy atom. The summed E-state index contributed by atoms with van der Waals surface area (Å²) < 4.78 is 10.6. The van der Waals surface area contributed by atoms with E-state index in [4.69, 9.17) is 14.7 Å². The third kappa shape index (κ3) is 8.41. The van der Waals surface area contributed by atoms with Gasteiger partial charge in [0, 0.05) is 19.6 Å². The molecule has 0 radical (unpaired) electrons. The fraction of sp³-hybridized carbons (Fsp3) is 0.812. The summed E-state index contributed by atoms with van der Waals surface area (Å²) in [5, 5.41) is 14.0. The summed E-state index contributed by atoms with van der Waals surface area (Å²) in [6.07, 6.45) is 2.60. The summed E-state index contributed by atoms with van der Waals surface area (Å²) in [4.78, 5) is 24.1. The Morgan fingerprint density at radius 1 is 1.43 bits per heavy atom. The van der Waals surface area contributed by atoms with Crippen LogP contribution in [0.2, 0.25) is 0 Å². The molecule has 1 saturated heterocycles. The van der Waals surface area contributed by atoms with Crippen LogP contribution in [0, 0.1) is 11.3 Å². The minimum Gasteiger partial charge on any atom is -0.444 e. The van der Waals surface area contributed by atoms with Gasteiger partial charge in [0.15, 0.2) is 0 Å². The highest BCUT2D eigenvalue weighted by atomic mass is 16.6. The molecule has 7 heteroatoms. The van der Waals surface area contributed by atoms with Gasteiger partial charge in [-0.05, 0) is 46.5 Å². The minimum absolute atomic E-state index is 0.0419. The average molecular weight is 325 g/mol. The number of ether oxygens (including phenoxy) is 2. The molecular weight excluding hydrogens is 298 g/mol. The summed E-state index contributed by atoms with van der Waals surface area (Å²) in [6.45, 7) is 6.43. The van der Waals surface area contributed by atoms with Crippen LogP contribution in [0.1, 0.15) is 52.9 Å². The molecule has 1 aliphatic rings. The zero-order valence-electron chi connectivity index (χ0n) is 14.2. The van der Waals surface area contributed by atoms with Crippen LogP contribution in [0.15, 0.2) is 0 Å². The first kappa shape index (κ1) is 19.2. The predicted molar refractivity (Wildman–Crippen MR) is 84.6 cm³/mol. The second-order valence-corrected chi connectivity index (χ2v) is 6.63. The lowest BCUT2D eigenvalue weighted by Crippen LogP contribution is -2.49. The van der Waals surface area contributed by atoms with Gasteiger partial charge in [0.2, 0.25) is 5.91 Å². The molecule has 1 fully saturated rings. The lowest BCUT2D eigenvalue weighted by molar-refractivity contribution is -0.123. The molecule has 1 heterocycles. The molecule has 0 aromatic rings. The number of carbonyl (C=O) groups excluding carboxylic acids is 2. The topological polar surface area (TPSA) is 100 Å². The number of nitriles is 1. The standard InChI is InChI=1S/C16H27N3O4/c1-16(2,3)23-15(21)19-13(8-4-5-9-17)14(20)18-11-12-7-6-10-22-12/h12-13H,4-8,10-11H2,1-3H3,(H,18,20)(H,19,21)/t12-,13+/m0/s1. The average Bonchev–Trinajstić information content (AvgIpc) is 2.95. The largest absolute Gasteiger partial charge is 0.444 e. The van der Waals surface area contributed by atoms with Gasteiger partial charge in [-0.2, -0.15) is 5.26 Å². The van der Waals surface area contributed by atoms with Crippen molar-refractivity contribution in [1.82, 2.24) is 10.6 Å². The molecular formula is C16H27N3O4. The van der Waals surface area contributed by atoms with Gasteiger partial charge in [-0.25, -0.2) is 4.79 Å². The fourth-order valence-corrected chi connectivity index (χ4v) is 2.25. The van der Waals surface area contributed by atoms with Crippen molar-refractivity contribution in [1.29, 1.82) is 5.26 Å². The van der Waals surface area contributed by atoms with E-state index in [2.05, 4.69) is 10.6 Å². The predicted octanol–water partition coefficient (Wildman–Crippen LogP) is 1.87. The Balaban J connectivity index is 2.50. The van der Waals surface area contributed by atoms with E-state index in [1.54, 1.807) is 20.8 Å². The van der Waals surface area contributed by atoms with Gasteiger partial charge >= 0.3 is 6.09 Å². The van der Waals surface area contributed by atoms with E-state index in [0.717, 1.165) is 19.4 Å². The normalized spacial score (nSPS) is 18.8. The maximum absolute atomic E-state index is 12.3. The molecule has 130 valence electrons. The second-order valence-electron chi connectivity index (χ2n) is 6.63. The molecule has 0 spiro atoms. The Kier molecular flexibility index (Phi) is 7.83. The number of amides is 2. The number of rotatable bonds is 7. The highest BCUT2D eigenvalue weighted by Gasteiger charge is 2.25. The molecule has 2 N–H and O–H groups in total. The van der Waals surface area contributed by atoms with Crippen LogP contribution in [0.25, 0.3) is 0 Å². The number of carbonyl (C=O) groups is 2. The summed E-state index contributed by atoms with van der Waals surface area (Å²) in [6, 6.07) is 1.33. The van der Waals surface area contributed by atoms with E-state index in [1.165, 1.54) is 0 Å². The van der Waals surface area contributed by atoms with E-state index in [9.17, 15) is 9.59 Å². The highest BCUT2D eigenvalue weighted by molar-refractivity contribution is 5.85. The molecule has 0 aliphatic carbocycles. The Bertz CT molecular complexity index is 434. The quantitative estimate of drug-likeness (QED) is 0.696. The van der Waals surface area contributed by atoms with E-state index < -0.39 is 17.7 Å². The summed E-state index contributed by atoms with van der Waals surface area (Å²) in [7, 11) is 0. The van der Waals surface area contributed by atoms with Gasteiger partial charge in [0.25, 0.3) is 0 Å². The zero-order chi connectivity index (χ0) is 17.3. The van der Waals surface area contributed by atoms with Crippen LogP contribution in [0.4, 0.5) is 4.79 Å². The maximum Gasteiger partial charge on any atom is 0.408 e.